The largest absolute Gasteiger partial charge is 0.492 e. The van der Waals surface area contributed by atoms with Gasteiger partial charge in [0.25, 0.3) is 0 Å². The highest BCUT2D eigenvalue weighted by Gasteiger charge is 2.25. The monoisotopic (exact) mass is 377 g/mol. The van der Waals surface area contributed by atoms with Gasteiger partial charge in [0.05, 0.1) is 31.9 Å². The van der Waals surface area contributed by atoms with Crippen LogP contribution in [0.5, 0.6) is 5.75 Å². The molecule has 4 N–H and O–H groups in total. The van der Waals surface area contributed by atoms with Crippen molar-refractivity contribution in [2.24, 2.45) is 11.7 Å². The Labute approximate surface area is 159 Å². The first kappa shape index (κ1) is 22.0. The Morgan fingerprint density at radius 2 is 1.70 bits per heavy atom. The number of nitrogens with two attached hydrogens (primary N) is 1. The lowest BCUT2D eigenvalue weighted by Crippen LogP contribution is -2.33. The van der Waals surface area contributed by atoms with Crippen LogP contribution >= 0.6 is 0 Å². The molecule has 0 aliphatic heterocycles. The average Bonchev–Trinajstić information content (AvgIpc) is 2.64. The predicted molar refractivity (Wildman–Crippen MR) is 101 cm³/mol. The van der Waals surface area contributed by atoms with Crippen molar-refractivity contribution >= 4 is 17.9 Å². The van der Waals surface area contributed by atoms with Crippen LogP contribution in [0, 0.1) is 11.3 Å². The lowest BCUT2D eigenvalue weighted by atomic mass is 9.93. The summed E-state index contributed by atoms with van der Waals surface area (Å²) < 4.78 is 15.2. The fourth-order valence-corrected chi connectivity index (χ4v) is 2.48. The lowest BCUT2D eigenvalue weighted by Gasteiger charge is -2.15. The number of carbonyl (C=O) groups is 2. The number of guanidine groups is 1. The minimum absolute atomic E-state index is 0.109. The van der Waals surface area contributed by atoms with Gasteiger partial charge in [-0.05, 0) is 23.6 Å². The Hall–Kier alpha value is -3.03. The molecule has 0 fully saturated rings. The zero-order valence-corrected chi connectivity index (χ0v) is 16.1. The molecule has 0 unspecified atom stereocenters. The van der Waals surface area contributed by atoms with Crippen LogP contribution in [0.2, 0.25) is 0 Å². The molecule has 1 aromatic carbocycles. The van der Waals surface area contributed by atoms with E-state index in [4.69, 9.17) is 25.4 Å². The van der Waals surface area contributed by atoms with Gasteiger partial charge in [0.1, 0.15) is 12.4 Å². The van der Waals surface area contributed by atoms with Gasteiger partial charge >= 0.3 is 11.9 Å². The maximum Gasteiger partial charge on any atom is 0.334 e. The molecular weight excluding hydrogens is 350 g/mol. The van der Waals surface area contributed by atoms with E-state index >= 15 is 0 Å². The van der Waals surface area contributed by atoms with Crippen molar-refractivity contribution in [3.63, 3.8) is 0 Å². The van der Waals surface area contributed by atoms with Gasteiger partial charge in [0.15, 0.2) is 5.96 Å². The van der Waals surface area contributed by atoms with E-state index in [1.54, 1.807) is 12.1 Å². The molecule has 0 heterocycles. The minimum Gasteiger partial charge on any atom is -0.492 e. The highest BCUT2D eigenvalue weighted by atomic mass is 16.5. The number of esters is 2. The minimum atomic E-state index is -0.556. The molecule has 0 aliphatic carbocycles. The molecule has 8 nitrogen and oxygen atoms in total. The molecule has 1 aromatic rings. The Kier molecular flexibility index (Phi) is 8.84. The number of ether oxygens (including phenoxy) is 3. The topological polar surface area (TPSA) is 124 Å². The lowest BCUT2D eigenvalue weighted by molar-refractivity contribution is -0.139. The molecule has 0 aliphatic rings. The Bertz CT molecular complexity index is 696. The fraction of sp³-hybridized carbons (Fsp3) is 0.421. The van der Waals surface area contributed by atoms with E-state index in [1.165, 1.54) is 14.2 Å². The third-order valence-electron chi connectivity index (χ3n) is 3.73. The summed E-state index contributed by atoms with van der Waals surface area (Å²) in [6.07, 6.45) is 0.238. The van der Waals surface area contributed by atoms with Crippen LogP contribution in [0.25, 0.3) is 0 Å². The second kappa shape index (κ2) is 10.8. The van der Waals surface area contributed by atoms with Crippen molar-refractivity contribution in [3.05, 3.63) is 41.0 Å². The first-order valence-electron chi connectivity index (χ1n) is 8.49. The van der Waals surface area contributed by atoms with Gasteiger partial charge in [-0.25, -0.2) is 9.59 Å². The molecule has 0 atom stereocenters. The molecule has 0 spiro atoms. The quantitative estimate of drug-likeness (QED) is 0.195. The van der Waals surface area contributed by atoms with E-state index in [0.717, 1.165) is 5.56 Å². The van der Waals surface area contributed by atoms with Gasteiger partial charge < -0.3 is 25.3 Å². The zero-order chi connectivity index (χ0) is 20.4. The summed E-state index contributed by atoms with van der Waals surface area (Å²) >= 11 is 0. The van der Waals surface area contributed by atoms with Crippen molar-refractivity contribution in [2.45, 2.75) is 20.3 Å². The summed E-state index contributed by atoms with van der Waals surface area (Å²) in [6, 6.07) is 7.16. The van der Waals surface area contributed by atoms with Crippen molar-refractivity contribution < 1.29 is 23.8 Å². The van der Waals surface area contributed by atoms with E-state index in [2.05, 4.69) is 5.32 Å². The van der Waals surface area contributed by atoms with Crippen LogP contribution in [0.4, 0.5) is 0 Å². The second-order valence-electron chi connectivity index (χ2n) is 6.04. The van der Waals surface area contributed by atoms with Gasteiger partial charge in [0.2, 0.25) is 0 Å². The van der Waals surface area contributed by atoms with Crippen LogP contribution in [0.15, 0.2) is 35.4 Å². The van der Waals surface area contributed by atoms with Gasteiger partial charge in [-0.3, -0.25) is 5.41 Å². The maximum absolute atomic E-state index is 12.2. The first-order chi connectivity index (χ1) is 12.8. The molecule has 0 bridgehead atoms. The Balaban J connectivity index is 2.95. The van der Waals surface area contributed by atoms with E-state index in [0.29, 0.717) is 24.5 Å². The summed E-state index contributed by atoms with van der Waals surface area (Å²) in [7, 11) is 2.57. The normalized spacial score (nSPS) is 11.4. The van der Waals surface area contributed by atoms with Crippen LogP contribution in [-0.4, -0.2) is 45.3 Å². The number of methoxy groups -OCH3 is 2. The molecule has 0 amide bonds. The summed E-state index contributed by atoms with van der Waals surface area (Å²) in [5.41, 5.74) is 6.60. The molecule has 1 rings (SSSR count). The molecule has 0 radical (unpaired) electrons. The second-order valence-corrected chi connectivity index (χ2v) is 6.04. The van der Waals surface area contributed by atoms with Crippen molar-refractivity contribution in [2.75, 3.05) is 27.4 Å². The molecule has 8 heteroatoms. The Morgan fingerprint density at radius 1 is 1.11 bits per heavy atom. The summed E-state index contributed by atoms with van der Waals surface area (Å²) in [6.45, 7) is 4.41. The molecule has 148 valence electrons. The predicted octanol–water partition coefficient (Wildman–Crippen LogP) is 1.39. The molecular formula is C19H27N3O5. The first-order valence-corrected chi connectivity index (χ1v) is 8.49. The average molecular weight is 377 g/mol. The van der Waals surface area contributed by atoms with Gasteiger partial charge in [-0.1, -0.05) is 26.0 Å². The smallest absolute Gasteiger partial charge is 0.334 e. The molecule has 0 saturated heterocycles. The molecule has 27 heavy (non-hydrogen) atoms. The summed E-state index contributed by atoms with van der Waals surface area (Å²) in [5, 5.41) is 9.71. The Morgan fingerprint density at radius 3 is 2.19 bits per heavy atom. The number of carbonyl (C=O) groups excluding carboxylic acids is 2. The SMILES string of the molecule is COC(=O)/C(Cc1ccc(OCCNC(=N)N)cc1)=C(\C(=O)OC)C(C)C. The fourth-order valence-electron chi connectivity index (χ4n) is 2.48. The molecule has 0 saturated carbocycles. The third kappa shape index (κ3) is 7.01. The van der Waals surface area contributed by atoms with Crippen LogP contribution in [0.1, 0.15) is 19.4 Å². The van der Waals surface area contributed by atoms with Crippen LogP contribution < -0.4 is 15.8 Å². The number of hydrogen-bond donors (Lipinski definition) is 3. The van der Waals surface area contributed by atoms with E-state index in [-0.39, 0.29) is 23.9 Å². The van der Waals surface area contributed by atoms with Crippen molar-refractivity contribution in [1.82, 2.24) is 5.32 Å². The van der Waals surface area contributed by atoms with Crippen molar-refractivity contribution in [3.8, 4) is 5.75 Å². The number of nitrogens with one attached hydrogen (secondary N) is 2. The zero-order valence-electron chi connectivity index (χ0n) is 16.1. The number of rotatable bonds is 9. The number of benzene rings is 1. The molecule has 0 aromatic heterocycles. The van der Waals surface area contributed by atoms with Gasteiger partial charge in [-0.15, -0.1) is 0 Å². The van der Waals surface area contributed by atoms with Gasteiger partial charge in [-0.2, -0.15) is 0 Å². The summed E-state index contributed by atoms with van der Waals surface area (Å²) in [4.78, 5) is 24.3. The maximum atomic E-state index is 12.2. The van der Waals surface area contributed by atoms with E-state index < -0.39 is 11.9 Å². The highest BCUT2D eigenvalue weighted by molar-refractivity contribution is 6.00. The third-order valence-corrected chi connectivity index (χ3v) is 3.73. The highest BCUT2D eigenvalue weighted by Crippen LogP contribution is 2.23. The van der Waals surface area contributed by atoms with Crippen LogP contribution in [-0.2, 0) is 25.5 Å². The van der Waals surface area contributed by atoms with Crippen molar-refractivity contribution in [1.29, 1.82) is 5.41 Å². The van der Waals surface area contributed by atoms with Crippen LogP contribution in [0.3, 0.4) is 0 Å². The van der Waals surface area contributed by atoms with E-state index in [9.17, 15) is 9.59 Å². The van der Waals surface area contributed by atoms with E-state index in [1.807, 2.05) is 26.0 Å². The standard InChI is InChI=1S/C19H27N3O5/c1-12(2)16(18(24)26-4)15(17(23)25-3)11-13-5-7-14(8-6-13)27-10-9-22-19(20)21/h5-8,12H,9-11H2,1-4H3,(H4,20,21,22)/b16-15-. The number of hydrogen-bond acceptors (Lipinski definition) is 6. The van der Waals surface area contributed by atoms with Gasteiger partial charge in [0, 0.05) is 6.42 Å². The summed E-state index contributed by atoms with van der Waals surface area (Å²) in [5.74, 6) is -0.752.